The molecule has 1 unspecified atom stereocenters. The van der Waals surface area contributed by atoms with Gasteiger partial charge < -0.3 is 10.1 Å². The van der Waals surface area contributed by atoms with E-state index < -0.39 is 10.0 Å². The second kappa shape index (κ2) is 6.67. The van der Waals surface area contributed by atoms with Gasteiger partial charge in [0.25, 0.3) is 0 Å². The van der Waals surface area contributed by atoms with Crippen molar-refractivity contribution in [3.63, 3.8) is 0 Å². The zero-order chi connectivity index (χ0) is 14.6. The van der Waals surface area contributed by atoms with Crippen LogP contribution >= 0.6 is 0 Å². The van der Waals surface area contributed by atoms with Crippen LogP contribution in [0, 0.1) is 0 Å². The number of hydrogen-bond acceptors (Lipinski definition) is 4. The Morgan fingerprint density at radius 1 is 1.45 bits per heavy atom. The zero-order valence-electron chi connectivity index (χ0n) is 12.0. The minimum absolute atomic E-state index is 0.000911. The maximum absolute atomic E-state index is 12.7. The highest BCUT2D eigenvalue weighted by Crippen LogP contribution is 2.20. The van der Waals surface area contributed by atoms with Crippen molar-refractivity contribution in [2.45, 2.75) is 30.9 Å². The molecule has 1 aromatic rings. The Morgan fingerprint density at radius 2 is 2.25 bits per heavy atom. The minimum Gasteiger partial charge on any atom is -0.375 e. The van der Waals surface area contributed by atoms with Gasteiger partial charge >= 0.3 is 0 Å². The molecule has 1 aliphatic heterocycles. The molecule has 1 aliphatic rings. The Kier molecular flexibility index (Phi) is 5.15. The van der Waals surface area contributed by atoms with Crippen LogP contribution in [0.15, 0.2) is 29.2 Å². The highest BCUT2D eigenvalue weighted by molar-refractivity contribution is 7.89. The van der Waals surface area contributed by atoms with E-state index >= 15 is 0 Å². The Balaban J connectivity index is 2.23. The summed E-state index contributed by atoms with van der Waals surface area (Å²) in [5.41, 5.74) is 0.967. The van der Waals surface area contributed by atoms with E-state index in [0.29, 0.717) is 31.1 Å². The summed E-state index contributed by atoms with van der Waals surface area (Å²) in [5.74, 6) is 0. The van der Waals surface area contributed by atoms with Gasteiger partial charge in [-0.3, -0.25) is 0 Å². The molecule has 0 spiro atoms. The molecule has 112 valence electrons. The topological polar surface area (TPSA) is 58.6 Å². The number of hydrogen-bond donors (Lipinski definition) is 1. The third kappa shape index (κ3) is 3.38. The molecule has 0 amide bonds. The molecule has 2 rings (SSSR count). The molecule has 6 heteroatoms. The first-order valence-electron chi connectivity index (χ1n) is 6.93. The molecule has 0 aliphatic carbocycles. The SMILES string of the molecule is CCC1CN(S(=O)(=O)c2cccc(CNC)c2)CCO1. The van der Waals surface area contributed by atoms with Gasteiger partial charge in [-0.1, -0.05) is 19.1 Å². The second-order valence-corrected chi connectivity index (χ2v) is 6.88. The number of ether oxygens (including phenoxy) is 1. The lowest BCUT2D eigenvalue weighted by molar-refractivity contribution is -0.00277. The van der Waals surface area contributed by atoms with Crippen LogP contribution < -0.4 is 5.32 Å². The van der Waals surface area contributed by atoms with E-state index in [9.17, 15) is 8.42 Å². The van der Waals surface area contributed by atoms with E-state index in [1.54, 1.807) is 18.2 Å². The molecule has 0 radical (unpaired) electrons. The van der Waals surface area contributed by atoms with Crippen molar-refractivity contribution in [1.29, 1.82) is 0 Å². The molecular weight excluding hydrogens is 276 g/mol. The first-order chi connectivity index (χ1) is 9.57. The Hall–Kier alpha value is -0.950. The van der Waals surface area contributed by atoms with Crippen molar-refractivity contribution in [2.75, 3.05) is 26.7 Å². The highest BCUT2D eigenvalue weighted by atomic mass is 32.2. The summed E-state index contributed by atoms with van der Waals surface area (Å²) in [5, 5.41) is 3.03. The van der Waals surface area contributed by atoms with E-state index in [0.717, 1.165) is 12.0 Å². The van der Waals surface area contributed by atoms with Crippen LogP contribution in [0.2, 0.25) is 0 Å². The lowest BCUT2D eigenvalue weighted by atomic mass is 10.2. The first kappa shape index (κ1) is 15.4. The summed E-state index contributed by atoms with van der Waals surface area (Å²) in [4.78, 5) is 0.363. The average Bonchev–Trinajstić information content (AvgIpc) is 2.48. The predicted octanol–water partition coefficient (Wildman–Crippen LogP) is 1.21. The molecule has 1 saturated heterocycles. The van der Waals surface area contributed by atoms with Gasteiger partial charge in [0.05, 0.1) is 17.6 Å². The highest BCUT2D eigenvalue weighted by Gasteiger charge is 2.30. The third-order valence-corrected chi connectivity index (χ3v) is 5.34. The average molecular weight is 298 g/mol. The molecule has 1 N–H and O–H groups in total. The quantitative estimate of drug-likeness (QED) is 0.887. The molecule has 20 heavy (non-hydrogen) atoms. The van der Waals surface area contributed by atoms with Crippen LogP contribution in [-0.2, 0) is 21.3 Å². The fourth-order valence-electron chi connectivity index (χ4n) is 2.33. The largest absolute Gasteiger partial charge is 0.375 e. The molecule has 0 bridgehead atoms. The first-order valence-corrected chi connectivity index (χ1v) is 8.37. The van der Waals surface area contributed by atoms with Gasteiger partial charge in [0.15, 0.2) is 0 Å². The summed E-state index contributed by atoms with van der Waals surface area (Å²) in [6, 6.07) is 7.11. The van der Waals surface area contributed by atoms with Crippen LogP contribution in [-0.4, -0.2) is 45.6 Å². The van der Waals surface area contributed by atoms with E-state index in [-0.39, 0.29) is 6.10 Å². The maximum atomic E-state index is 12.7. The molecule has 0 saturated carbocycles. The van der Waals surface area contributed by atoms with Gasteiger partial charge in [0.1, 0.15) is 0 Å². The van der Waals surface area contributed by atoms with Crippen molar-refractivity contribution in [3.8, 4) is 0 Å². The number of rotatable bonds is 5. The van der Waals surface area contributed by atoms with Crippen LogP contribution in [0.5, 0.6) is 0 Å². The zero-order valence-corrected chi connectivity index (χ0v) is 12.8. The summed E-state index contributed by atoms with van der Waals surface area (Å²) in [6.07, 6.45) is 0.824. The lowest BCUT2D eigenvalue weighted by Crippen LogP contribution is -2.45. The summed E-state index contributed by atoms with van der Waals surface area (Å²) < 4.78 is 32.4. The molecule has 1 atom stereocenters. The normalized spacial score (nSPS) is 21.0. The van der Waals surface area contributed by atoms with E-state index in [1.165, 1.54) is 4.31 Å². The summed E-state index contributed by atoms with van der Waals surface area (Å²) in [6.45, 7) is 4.00. The fourth-order valence-corrected chi connectivity index (χ4v) is 3.85. The smallest absolute Gasteiger partial charge is 0.243 e. The van der Waals surface area contributed by atoms with Crippen molar-refractivity contribution < 1.29 is 13.2 Å². The number of morpholine rings is 1. The van der Waals surface area contributed by atoms with Crippen molar-refractivity contribution in [3.05, 3.63) is 29.8 Å². The van der Waals surface area contributed by atoms with Crippen molar-refractivity contribution in [1.82, 2.24) is 9.62 Å². The van der Waals surface area contributed by atoms with Gasteiger partial charge in [0.2, 0.25) is 10.0 Å². The third-order valence-electron chi connectivity index (χ3n) is 3.47. The Labute approximate surface area is 121 Å². The van der Waals surface area contributed by atoms with Gasteiger partial charge in [-0.2, -0.15) is 4.31 Å². The van der Waals surface area contributed by atoms with Crippen LogP contribution in [0.4, 0.5) is 0 Å². The summed E-state index contributed by atoms with van der Waals surface area (Å²) in [7, 11) is -1.58. The van der Waals surface area contributed by atoms with E-state index in [2.05, 4.69) is 5.32 Å². The molecular formula is C14H22N2O3S. The molecule has 1 fully saturated rings. The standard InChI is InChI=1S/C14H22N2O3S/c1-3-13-11-16(7-8-19-13)20(17,18)14-6-4-5-12(9-14)10-15-2/h4-6,9,13,15H,3,7-8,10-11H2,1-2H3. The number of benzene rings is 1. The van der Waals surface area contributed by atoms with Crippen LogP contribution in [0.1, 0.15) is 18.9 Å². The molecule has 1 aromatic carbocycles. The summed E-state index contributed by atoms with van der Waals surface area (Å²) >= 11 is 0. The van der Waals surface area contributed by atoms with Gasteiger partial charge in [-0.15, -0.1) is 0 Å². The lowest BCUT2D eigenvalue weighted by Gasteiger charge is -2.31. The Bertz CT molecular complexity index is 545. The number of nitrogens with one attached hydrogen (secondary N) is 1. The maximum Gasteiger partial charge on any atom is 0.243 e. The predicted molar refractivity (Wildman–Crippen MR) is 78.0 cm³/mol. The van der Waals surface area contributed by atoms with Crippen molar-refractivity contribution >= 4 is 10.0 Å². The Morgan fingerprint density at radius 3 is 2.95 bits per heavy atom. The van der Waals surface area contributed by atoms with Gasteiger partial charge in [0, 0.05) is 19.6 Å². The molecule has 1 heterocycles. The minimum atomic E-state index is -3.42. The van der Waals surface area contributed by atoms with E-state index in [4.69, 9.17) is 4.74 Å². The monoisotopic (exact) mass is 298 g/mol. The molecule has 5 nitrogen and oxygen atoms in total. The van der Waals surface area contributed by atoms with Gasteiger partial charge in [-0.05, 0) is 31.2 Å². The van der Waals surface area contributed by atoms with Crippen LogP contribution in [0.25, 0.3) is 0 Å². The van der Waals surface area contributed by atoms with E-state index in [1.807, 2.05) is 20.0 Å². The molecule has 0 aromatic heterocycles. The van der Waals surface area contributed by atoms with Crippen LogP contribution in [0.3, 0.4) is 0 Å². The fraction of sp³-hybridized carbons (Fsp3) is 0.571. The second-order valence-electron chi connectivity index (χ2n) is 4.94. The van der Waals surface area contributed by atoms with Gasteiger partial charge in [-0.25, -0.2) is 8.42 Å². The number of sulfonamides is 1. The number of nitrogens with zero attached hydrogens (tertiary/aromatic N) is 1. The van der Waals surface area contributed by atoms with Crippen molar-refractivity contribution in [2.24, 2.45) is 0 Å².